The molecule has 0 aromatic heterocycles. The largest absolute Gasteiger partial charge is 0.756 e. The molecule has 0 aliphatic rings. The Hall–Kier alpha value is -3.33. The first kappa shape index (κ1) is 94.7. The van der Waals surface area contributed by atoms with E-state index in [1.165, 1.54) is 257 Å². The fourth-order valence-electron chi connectivity index (χ4n) is 12.0. The summed E-state index contributed by atoms with van der Waals surface area (Å²) in [7, 11) is 1.18. The Morgan fingerprint density at radius 1 is 0.316 bits per heavy atom. The van der Waals surface area contributed by atoms with Gasteiger partial charge in [-0.2, -0.15) is 0 Å². The Bertz CT molecular complexity index is 2030. The molecule has 568 valence electrons. The third-order valence-electron chi connectivity index (χ3n) is 18.3. The number of ether oxygens (including phenoxy) is 2. The van der Waals surface area contributed by atoms with Gasteiger partial charge in [0.2, 0.25) is 0 Å². The van der Waals surface area contributed by atoms with E-state index in [0.29, 0.717) is 17.4 Å². The van der Waals surface area contributed by atoms with E-state index in [2.05, 4.69) is 123 Å². The third-order valence-corrected chi connectivity index (χ3v) is 19.3. The monoisotopic (exact) mass is 1390 g/mol. The summed E-state index contributed by atoms with van der Waals surface area (Å²) in [5.41, 5.74) is 0. The lowest BCUT2D eigenvalue weighted by molar-refractivity contribution is -0.870. The van der Waals surface area contributed by atoms with Crippen LogP contribution in [0.15, 0.2) is 109 Å². The fourth-order valence-corrected chi connectivity index (χ4v) is 12.8. The van der Waals surface area contributed by atoms with Crippen LogP contribution in [0.5, 0.6) is 0 Å². The Morgan fingerprint density at radius 2 is 0.551 bits per heavy atom. The van der Waals surface area contributed by atoms with Gasteiger partial charge in [0, 0.05) is 12.8 Å². The normalized spacial score (nSPS) is 13.6. The molecule has 0 saturated carbocycles. The lowest BCUT2D eigenvalue weighted by atomic mass is 10.0. The van der Waals surface area contributed by atoms with Crippen LogP contribution < -0.4 is 4.89 Å². The van der Waals surface area contributed by atoms with Crippen molar-refractivity contribution in [2.75, 3.05) is 47.5 Å². The minimum absolute atomic E-state index is 0.0307. The molecular formula is C88H158NO8P. The smallest absolute Gasteiger partial charge is 0.306 e. The van der Waals surface area contributed by atoms with Crippen LogP contribution in [-0.4, -0.2) is 70.0 Å². The highest BCUT2D eigenvalue weighted by molar-refractivity contribution is 7.45. The van der Waals surface area contributed by atoms with Gasteiger partial charge in [0.15, 0.2) is 6.10 Å². The van der Waals surface area contributed by atoms with E-state index in [9.17, 15) is 19.0 Å². The molecule has 0 aliphatic heterocycles. The number of hydrogen-bond acceptors (Lipinski definition) is 8. The van der Waals surface area contributed by atoms with Crippen molar-refractivity contribution in [1.82, 2.24) is 0 Å². The summed E-state index contributed by atoms with van der Waals surface area (Å²) in [5, 5.41) is 0. The van der Waals surface area contributed by atoms with Crippen LogP contribution >= 0.6 is 7.82 Å². The molecule has 98 heavy (non-hydrogen) atoms. The molecule has 2 unspecified atom stereocenters. The van der Waals surface area contributed by atoms with E-state index in [4.69, 9.17) is 18.5 Å². The van der Waals surface area contributed by atoms with Gasteiger partial charge in [0.25, 0.3) is 7.82 Å². The average Bonchev–Trinajstić information content (AvgIpc) is 1.08. The number of unbranched alkanes of at least 4 members (excludes halogenated alkanes) is 45. The van der Waals surface area contributed by atoms with Crippen LogP contribution in [0.2, 0.25) is 0 Å². The highest BCUT2D eigenvalue weighted by atomic mass is 31.2. The van der Waals surface area contributed by atoms with Gasteiger partial charge in [0.1, 0.15) is 19.8 Å². The molecule has 9 nitrogen and oxygen atoms in total. The van der Waals surface area contributed by atoms with E-state index in [-0.39, 0.29) is 32.0 Å². The molecule has 0 aromatic carbocycles. The number of phosphoric ester groups is 1. The summed E-state index contributed by atoms with van der Waals surface area (Å²) in [5.74, 6) is -0.814. The predicted octanol–water partition coefficient (Wildman–Crippen LogP) is 27.3. The van der Waals surface area contributed by atoms with Gasteiger partial charge in [0.05, 0.1) is 27.7 Å². The zero-order valence-corrected chi connectivity index (χ0v) is 65.9. The maximum absolute atomic E-state index is 12.9. The number of quaternary nitrogens is 1. The Kier molecular flexibility index (Phi) is 75.2. The first-order valence-electron chi connectivity index (χ1n) is 41.6. The Morgan fingerprint density at radius 3 is 0.816 bits per heavy atom. The van der Waals surface area contributed by atoms with Crippen LogP contribution in [0, 0.1) is 0 Å². The zero-order valence-electron chi connectivity index (χ0n) is 65.0. The van der Waals surface area contributed by atoms with Crippen molar-refractivity contribution in [3.63, 3.8) is 0 Å². The number of allylic oxidation sites excluding steroid dienone is 18. The highest BCUT2D eigenvalue weighted by Crippen LogP contribution is 2.38. The average molecular weight is 1390 g/mol. The van der Waals surface area contributed by atoms with E-state index < -0.39 is 26.5 Å². The van der Waals surface area contributed by atoms with Crippen molar-refractivity contribution in [2.24, 2.45) is 0 Å². The number of nitrogens with zero attached hydrogens (tertiary/aromatic N) is 1. The van der Waals surface area contributed by atoms with Gasteiger partial charge in [-0.25, -0.2) is 0 Å². The number of phosphoric acid groups is 1. The lowest BCUT2D eigenvalue weighted by Crippen LogP contribution is -2.37. The topological polar surface area (TPSA) is 111 Å². The molecule has 0 fully saturated rings. The zero-order chi connectivity index (χ0) is 71.1. The number of likely N-dealkylation sites (N-methyl/N-ethyl adjacent to an activating group) is 1. The molecule has 0 saturated heterocycles. The summed E-state index contributed by atoms with van der Waals surface area (Å²) in [6.45, 7) is 4.07. The molecule has 0 aliphatic carbocycles. The third kappa shape index (κ3) is 81.6. The molecule has 2 atom stereocenters. The molecule has 0 spiro atoms. The van der Waals surface area contributed by atoms with Crippen molar-refractivity contribution >= 4 is 19.8 Å². The second kappa shape index (κ2) is 77.8. The number of rotatable bonds is 77. The fraction of sp³-hybridized carbons (Fsp3) is 0.773. The van der Waals surface area contributed by atoms with Crippen molar-refractivity contribution in [1.29, 1.82) is 0 Å². The van der Waals surface area contributed by atoms with Crippen LogP contribution in [0.25, 0.3) is 0 Å². The maximum atomic E-state index is 12.9. The van der Waals surface area contributed by atoms with Crippen LogP contribution in [0.1, 0.15) is 386 Å². The van der Waals surface area contributed by atoms with Crippen molar-refractivity contribution in [2.45, 2.75) is 392 Å². The number of hydrogen-bond donors (Lipinski definition) is 0. The van der Waals surface area contributed by atoms with E-state index in [1.807, 2.05) is 21.1 Å². The molecule has 0 bridgehead atoms. The van der Waals surface area contributed by atoms with Gasteiger partial charge in [-0.3, -0.25) is 14.2 Å². The second-order valence-corrected chi connectivity index (χ2v) is 30.5. The standard InChI is InChI=1S/C88H158NO8P/c1-6-8-10-12-14-16-18-20-22-24-26-28-30-32-34-36-38-40-42-43-44-45-47-48-50-52-54-56-58-60-62-64-66-68-70-72-74-76-78-80-87(90)94-84-86(85-96-98(92,93)95-83-82-89(3,4)5)97-88(91)81-79-77-75-73-71-69-67-65-63-61-59-57-55-53-51-49-46-41-39-37-35-33-31-29-27-25-23-21-19-17-15-13-11-9-7-2/h8-11,14-17,20-23,26-29,33,35,86H,6-7,12-13,18-19,24-25,30-32,34,36-85H2,1-5H3/b10-8-,11-9-,16-14-,17-15-,22-20-,23-21-,28-26-,29-27-,35-33-. The van der Waals surface area contributed by atoms with Gasteiger partial charge in [-0.05, 0) is 96.3 Å². The first-order chi connectivity index (χ1) is 48.0. The number of carbonyl (C=O) groups excluding carboxylic acids is 2. The van der Waals surface area contributed by atoms with Crippen LogP contribution in [0.4, 0.5) is 0 Å². The predicted molar refractivity (Wildman–Crippen MR) is 425 cm³/mol. The van der Waals surface area contributed by atoms with Gasteiger partial charge < -0.3 is 27.9 Å². The van der Waals surface area contributed by atoms with E-state index >= 15 is 0 Å². The van der Waals surface area contributed by atoms with Gasteiger partial charge in [-0.1, -0.05) is 386 Å². The summed E-state index contributed by atoms with van der Waals surface area (Å²) in [6.07, 6.45) is 111. The molecular weight excluding hydrogens is 1230 g/mol. The molecule has 0 heterocycles. The number of carbonyl (C=O) groups is 2. The summed E-state index contributed by atoms with van der Waals surface area (Å²) in [4.78, 5) is 38.2. The van der Waals surface area contributed by atoms with Crippen molar-refractivity contribution in [3.8, 4) is 0 Å². The Labute approximate surface area is 607 Å². The molecule has 0 radical (unpaired) electrons. The van der Waals surface area contributed by atoms with Crippen molar-refractivity contribution < 1.29 is 42.1 Å². The van der Waals surface area contributed by atoms with Crippen LogP contribution in [0.3, 0.4) is 0 Å². The lowest BCUT2D eigenvalue weighted by Gasteiger charge is -2.28. The van der Waals surface area contributed by atoms with Crippen molar-refractivity contribution in [3.05, 3.63) is 109 Å². The molecule has 0 amide bonds. The summed E-state index contributed by atoms with van der Waals surface area (Å²) in [6, 6.07) is 0. The molecule has 0 N–H and O–H groups in total. The van der Waals surface area contributed by atoms with Gasteiger partial charge >= 0.3 is 11.9 Å². The maximum Gasteiger partial charge on any atom is 0.306 e. The molecule has 0 aromatic rings. The van der Waals surface area contributed by atoms with E-state index in [1.54, 1.807) is 0 Å². The van der Waals surface area contributed by atoms with Gasteiger partial charge in [-0.15, -0.1) is 0 Å². The first-order valence-corrected chi connectivity index (χ1v) is 43.1. The summed E-state index contributed by atoms with van der Waals surface area (Å²) < 4.78 is 34.5. The quantitative estimate of drug-likeness (QED) is 0.0195. The van der Waals surface area contributed by atoms with E-state index in [0.717, 1.165) is 96.3 Å². The minimum Gasteiger partial charge on any atom is -0.756 e. The molecule has 10 heteroatoms. The SMILES string of the molecule is CC/C=C\C/C=C\C/C=C\C/C=C\C/C=C\CCCCCCCCCCCCCCCCCCCCCC(=O)OC(COC(=O)CCCCCCCCCCCCCCCCCCCCCCCCCCCC/C=C\C/C=C\C/C=C\C/C=C\CC)COP(=O)([O-])OCC[N+](C)(C)C. The summed E-state index contributed by atoms with van der Waals surface area (Å²) >= 11 is 0. The number of esters is 2. The molecule has 0 rings (SSSR count). The van der Waals surface area contributed by atoms with Crippen LogP contribution in [-0.2, 0) is 32.7 Å². The highest BCUT2D eigenvalue weighted by Gasteiger charge is 2.22. The second-order valence-electron chi connectivity index (χ2n) is 29.1. The minimum atomic E-state index is -4.65. The Balaban J connectivity index is 3.90.